The second-order valence-corrected chi connectivity index (χ2v) is 8.49. The van der Waals surface area contributed by atoms with Gasteiger partial charge in [-0.1, -0.05) is 35.9 Å². The summed E-state index contributed by atoms with van der Waals surface area (Å²) in [6.07, 6.45) is 4.04. The molecule has 6 heteroatoms. The van der Waals surface area contributed by atoms with Crippen LogP contribution in [0.25, 0.3) is 0 Å². The maximum atomic E-state index is 12.9. The molecule has 2 amide bonds. The third-order valence-corrected chi connectivity index (χ3v) is 6.01. The van der Waals surface area contributed by atoms with Crippen molar-refractivity contribution in [2.24, 2.45) is 0 Å². The summed E-state index contributed by atoms with van der Waals surface area (Å²) < 4.78 is 5.91. The molecule has 0 aromatic heterocycles. The largest absolute Gasteiger partial charge is 0.488 e. The van der Waals surface area contributed by atoms with Crippen molar-refractivity contribution in [2.75, 3.05) is 37.6 Å². The van der Waals surface area contributed by atoms with E-state index in [0.717, 1.165) is 49.4 Å². The van der Waals surface area contributed by atoms with Gasteiger partial charge in [0.2, 0.25) is 11.8 Å². The van der Waals surface area contributed by atoms with Gasteiger partial charge in [0.15, 0.2) is 0 Å². The van der Waals surface area contributed by atoms with Crippen molar-refractivity contribution < 1.29 is 14.3 Å². The third kappa shape index (κ3) is 5.57. The number of hydrogen-bond acceptors (Lipinski definition) is 4. The van der Waals surface area contributed by atoms with Crippen molar-refractivity contribution in [3.63, 3.8) is 0 Å². The average molecular weight is 422 g/mol. The number of nitrogens with one attached hydrogen (secondary N) is 1. The second kappa shape index (κ2) is 9.86. The summed E-state index contributed by atoms with van der Waals surface area (Å²) in [6.45, 7) is 4.46. The summed E-state index contributed by atoms with van der Waals surface area (Å²) in [7, 11) is 0. The van der Waals surface area contributed by atoms with Crippen LogP contribution in [0.1, 0.15) is 30.4 Å². The number of piperidine rings is 1. The molecule has 31 heavy (non-hydrogen) atoms. The van der Waals surface area contributed by atoms with Crippen molar-refractivity contribution in [2.45, 2.75) is 38.7 Å². The topological polar surface area (TPSA) is 61.9 Å². The molecule has 0 saturated carbocycles. The van der Waals surface area contributed by atoms with Crippen molar-refractivity contribution in [3.8, 4) is 5.75 Å². The Morgan fingerprint density at radius 2 is 1.77 bits per heavy atom. The fraction of sp³-hybridized carbons (Fsp3) is 0.440. The number of carbonyl (C=O) groups is 2. The standard InChI is InChI=1S/C25H31N3O3/c1-19-9-11-21(12-10-19)28(18-25(30)27-13-5-2-6-14-27)17-24(29)26-16-22-15-20-7-3-4-8-23(20)31-22/h3-4,7-12,22H,2,5-6,13-18H2,1H3,(H,26,29). The Kier molecular flexibility index (Phi) is 6.75. The number of likely N-dealkylation sites (tertiary alicyclic amines) is 1. The summed E-state index contributed by atoms with van der Waals surface area (Å²) in [4.78, 5) is 29.4. The van der Waals surface area contributed by atoms with Crippen LogP contribution in [-0.2, 0) is 16.0 Å². The summed E-state index contributed by atoms with van der Waals surface area (Å²) >= 11 is 0. The van der Waals surface area contributed by atoms with Crippen LogP contribution in [0.2, 0.25) is 0 Å². The first-order valence-corrected chi connectivity index (χ1v) is 11.2. The smallest absolute Gasteiger partial charge is 0.242 e. The minimum atomic E-state index is -0.105. The first-order chi connectivity index (χ1) is 15.1. The van der Waals surface area contributed by atoms with E-state index in [0.29, 0.717) is 6.54 Å². The molecule has 1 saturated heterocycles. The molecule has 1 atom stereocenters. The monoisotopic (exact) mass is 421 g/mol. The number of amides is 2. The van der Waals surface area contributed by atoms with Crippen LogP contribution in [0.3, 0.4) is 0 Å². The Balaban J connectivity index is 1.35. The number of nitrogens with zero attached hydrogens (tertiary/aromatic N) is 2. The average Bonchev–Trinajstić information content (AvgIpc) is 3.21. The second-order valence-electron chi connectivity index (χ2n) is 8.49. The third-order valence-electron chi connectivity index (χ3n) is 6.01. The highest BCUT2D eigenvalue weighted by molar-refractivity contribution is 5.86. The Morgan fingerprint density at radius 3 is 2.52 bits per heavy atom. The molecule has 164 valence electrons. The van der Waals surface area contributed by atoms with E-state index in [1.807, 2.05) is 59.2 Å². The maximum absolute atomic E-state index is 12.9. The van der Waals surface area contributed by atoms with Crippen LogP contribution < -0.4 is 15.0 Å². The summed E-state index contributed by atoms with van der Waals surface area (Å²) in [5.41, 5.74) is 3.21. The number of anilines is 1. The van der Waals surface area contributed by atoms with E-state index < -0.39 is 0 Å². The van der Waals surface area contributed by atoms with Gasteiger partial charge >= 0.3 is 0 Å². The van der Waals surface area contributed by atoms with E-state index in [4.69, 9.17) is 4.74 Å². The van der Waals surface area contributed by atoms with Gasteiger partial charge in [0.1, 0.15) is 11.9 Å². The minimum absolute atomic E-state index is 0.0517. The number of hydrogen-bond donors (Lipinski definition) is 1. The van der Waals surface area contributed by atoms with Crippen molar-refractivity contribution >= 4 is 17.5 Å². The maximum Gasteiger partial charge on any atom is 0.242 e. The van der Waals surface area contributed by atoms with Crippen LogP contribution in [0.4, 0.5) is 5.69 Å². The summed E-state index contributed by atoms with van der Waals surface area (Å²) in [6, 6.07) is 15.9. The quantitative estimate of drug-likeness (QED) is 0.747. The fourth-order valence-electron chi connectivity index (χ4n) is 4.23. The SMILES string of the molecule is Cc1ccc(N(CC(=O)NCC2Cc3ccccc3O2)CC(=O)N2CCCCC2)cc1. The van der Waals surface area contributed by atoms with Gasteiger partial charge in [-0.3, -0.25) is 9.59 Å². The van der Waals surface area contributed by atoms with Crippen molar-refractivity contribution in [3.05, 3.63) is 59.7 Å². The lowest BCUT2D eigenvalue weighted by Crippen LogP contribution is -2.47. The van der Waals surface area contributed by atoms with Crippen LogP contribution in [0.5, 0.6) is 5.75 Å². The van der Waals surface area contributed by atoms with Gasteiger partial charge in [-0.25, -0.2) is 0 Å². The molecule has 1 N–H and O–H groups in total. The molecule has 2 aliphatic rings. The number of aryl methyl sites for hydroxylation is 1. The van der Waals surface area contributed by atoms with Gasteiger partial charge in [-0.2, -0.15) is 0 Å². The van der Waals surface area contributed by atoms with Gasteiger partial charge in [-0.15, -0.1) is 0 Å². The van der Waals surface area contributed by atoms with Crippen molar-refractivity contribution in [1.82, 2.24) is 10.2 Å². The molecule has 2 aromatic carbocycles. The molecule has 2 heterocycles. The molecule has 1 fully saturated rings. The molecule has 0 aliphatic carbocycles. The number of carbonyl (C=O) groups excluding carboxylic acids is 2. The molecule has 0 spiro atoms. The zero-order valence-corrected chi connectivity index (χ0v) is 18.2. The van der Waals surface area contributed by atoms with E-state index in [9.17, 15) is 9.59 Å². The molecule has 4 rings (SSSR count). The molecule has 6 nitrogen and oxygen atoms in total. The van der Waals surface area contributed by atoms with Gasteiger partial charge in [0.05, 0.1) is 19.6 Å². The number of rotatable bonds is 7. The van der Waals surface area contributed by atoms with Crippen molar-refractivity contribution in [1.29, 1.82) is 0 Å². The molecule has 0 bridgehead atoms. The summed E-state index contributed by atoms with van der Waals surface area (Å²) in [5.74, 6) is 0.879. The lowest BCUT2D eigenvalue weighted by atomic mass is 10.1. The fourth-order valence-corrected chi connectivity index (χ4v) is 4.23. The molecular formula is C25H31N3O3. The van der Waals surface area contributed by atoms with Crippen LogP contribution in [-0.4, -0.2) is 55.5 Å². The molecule has 1 unspecified atom stereocenters. The van der Waals surface area contributed by atoms with Gasteiger partial charge in [0, 0.05) is 25.2 Å². The Labute approximate surface area is 184 Å². The first-order valence-electron chi connectivity index (χ1n) is 11.2. The van der Waals surface area contributed by atoms with Crippen LogP contribution in [0.15, 0.2) is 48.5 Å². The number of para-hydroxylation sites is 1. The van der Waals surface area contributed by atoms with Crippen LogP contribution >= 0.6 is 0 Å². The Hall–Kier alpha value is -3.02. The van der Waals surface area contributed by atoms with Gasteiger partial charge < -0.3 is 19.9 Å². The molecule has 0 radical (unpaired) electrons. The van der Waals surface area contributed by atoms with E-state index in [1.54, 1.807) is 0 Å². The van der Waals surface area contributed by atoms with Crippen LogP contribution in [0, 0.1) is 6.92 Å². The zero-order chi connectivity index (χ0) is 21.6. The highest BCUT2D eigenvalue weighted by atomic mass is 16.5. The molecule has 2 aliphatic heterocycles. The summed E-state index contributed by atoms with van der Waals surface area (Å²) in [5, 5.41) is 2.99. The highest BCUT2D eigenvalue weighted by Crippen LogP contribution is 2.27. The number of fused-ring (bicyclic) bond motifs is 1. The number of ether oxygens (including phenoxy) is 1. The number of benzene rings is 2. The van der Waals surface area contributed by atoms with Gasteiger partial charge in [-0.05, 0) is 49.9 Å². The van der Waals surface area contributed by atoms with E-state index in [1.165, 1.54) is 12.0 Å². The Morgan fingerprint density at radius 1 is 1.03 bits per heavy atom. The van der Waals surface area contributed by atoms with Gasteiger partial charge in [0.25, 0.3) is 0 Å². The van der Waals surface area contributed by atoms with E-state index in [-0.39, 0.29) is 31.0 Å². The molecule has 2 aromatic rings. The lowest BCUT2D eigenvalue weighted by molar-refractivity contribution is -0.130. The molecular weight excluding hydrogens is 390 g/mol. The Bertz CT molecular complexity index is 881. The lowest BCUT2D eigenvalue weighted by Gasteiger charge is -2.31. The normalized spacial score (nSPS) is 17.6. The van der Waals surface area contributed by atoms with E-state index >= 15 is 0 Å². The minimum Gasteiger partial charge on any atom is -0.488 e. The first kappa shape index (κ1) is 21.2. The predicted octanol–water partition coefficient (Wildman–Crippen LogP) is 2.93. The zero-order valence-electron chi connectivity index (χ0n) is 18.2. The highest BCUT2D eigenvalue weighted by Gasteiger charge is 2.24. The van der Waals surface area contributed by atoms with E-state index in [2.05, 4.69) is 11.4 Å². The predicted molar refractivity (Wildman–Crippen MR) is 121 cm³/mol.